The first-order chi connectivity index (χ1) is 6.69. The fraction of sp³-hybridized carbons (Fsp3) is 0.600. The molecule has 4 heteroatoms. The minimum Gasteiger partial charge on any atom is -0.477 e. The van der Waals surface area contributed by atoms with Crippen molar-refractivity contribution < 1.29 is 9.47 Å². The van der Waals surface area contributed by atoms with Crippen molar-refractivity contribution in [1.29, 1.82) is 0 Å². The van der Waals surface area contributed by atoms with Crippen molar-refractivity contribution in [2.45, 2.75) is 27.7 Å². The molecule has 0 saturated carbocycles. The van der Waals surface area contributed by atoms with Crippen molar-refractivity contribution in [2.75, 3.05) is 13.2 Å². The van der Waals surface area contributed by atoms with Crippen molar-refractivity contribution in [3.8, 4) is 11.8 Å². The highest BCUT2D eigenvalue weighted by atomic mass is 16.5. The van der Waals surface area contributed by atoms with Crippen molar-refractivity contribution in [3.63, 3.8) is 0 Å². The summed E-state index contributed by atoms with van der Waals surface area (Å²) in [6.07, 6.45) is 0. The van der Waals surface area contributed by atoms with E-state index in [1.54, 1.807) is 0 Å². The molecule has 0 aromatic carbocycles. The van der Waals surface area contributed by atoms with Crippen molar-refractivity contribution in [3.05, 3.63) is 11.4 Å². The van der Waals surface area contributed by atoms with E-state index in [0.29, 0.717) is 25.0 Å². The molecule has 0 radical (unpaired) electrons. The van der Waals surface area contributed by atoms with Gasteiger partial charge in [0.05, 0.1) is 13.2 Å². The van der Waals surface area contributed by atoms with Crippen LogP contribution in [-0.2, 0) is 0 Å². The summed E-state index contributed by atoms with van der Waals surface area (Å²) in [6, 6.07) is 0. The van der Waals surface area contributed by atoms with Gasteiger partial charge in [0.2, 0.25) is 11.8 Å². The normalized spacial score (nSPS) is 10.0. The number of aryl methyl sites for hydroxylation is 2. The van der Waals surface area contributed by atoms with E-state index in [9.17, 15) is 0 Å². The Hall–Kier alpha value is -1.32. The van der Waals surface area contributed by atoms with Crippen LogP contribution in [0.3, 0.4) is 0 Å². The van der Waals surface area contributed by atoms with Gasteiger partial charge in [0.15, 0.2) is 0 Å². The fourth-order valence-corrected chi connectivity index (χ4v) is 1.11. The number of ether oxygens (including phenoxy) is 2. The van der Waals surface area contributed by atoms with Crippen molar-refractivity contribution >= 4 is 0 Å². The van der Waals surface area contributed by atoms with Gasteiger partial charge in [-0.05, 0) is 27.7 Å². The Morgan fingerprint density at radius 3 is 1.50 bits per heavy atom. The lowest BCUT2D eigenvalue weighted by Gasteiger charge is -2.09. The summed E-state index contributed by atoms with van der Waals surface area (Å²) in [5, 5.41) is 0. The number of hydrogen-bond donors (Lipinski definition) is 0. The molecule has 1 heterocycles. The molecule has 14 heavy (non-hydrogen) atoms. The second kappa shape index (κ2) is 4.79. The maximum atomic E-state index is 5.32. The summed E-state index contributed by atoms with van der Waals surface area (Å²) in [5.74, 6) is 1.18. The Morgan fingerprint density at radius 2 is 1.21 bits per heavy atom. The predicted molar refractivity (Wildman–Crippen MR) is 53.8 cm³/mol. The summed E-state index contributed by atoms with van der Waals surface area (Å²) in [7, 11) is 0. The fourth-order valence-electron chi connectivity index (χ4n) is 1.11. The maximum absolute atomic E-state index is 5.32. The molecule has 0 unspecified atom stereocenters. The van der Waals surface area contributed by atoms with Crippen molar-refractivity contribution in [1.82, 2.24) is 9.97 Å². The Labute approximate surface area is 84.3 Å². The molecule has 1 aromatic rings. The van der Waals surface area contributed by atoms with Crippen LogP contribution in [0.2, 0.25) is 0 Å². The molecule has 1 aromatic heterocycles. The maximum Gasteiger partial charge on any atom is 0.235 e. The molecule has 0 bridgehead atoms. The first-order valence-electron chi connectivity index (χ1n) is 4.79. The van der Waals surface area contributed by atoms with E-state index in [4.69, 9.17) is 9.47 Å². The van der Waals surface area contributed by atoms with Crippen LogP contribution in [0.1, 0.15) is 25.2 Å². The third-order valence-electron chi connectivity index (χ3n) is 1.72. The highest BCUT2D eigenvalue weighted by Crippen LogP contribution is 2.19. The quantitative estimate of drug-likeness (QED) is 0.737. The molecular weight excluding hydrogens is 180 g/mol. The van der Waals surface area contributed by atoms with E-state index in [-0.39, 0.29) is 0 Å². The highest BCUT2D eigenvalue weighted by molar-refractivity contribution is 5.27. The third kappa shape index (κ3) is 2.34. The Kier molecular flexibility index (Phi) is 3.68. The van der Waals surface area contributed by atoms with Gasteiger partial charge in [0.25, 0.3) is 0 Å². The van der Waals surface area contributed by atoms with Gasteiger partial charge in [-0.15, -0.1) is 0 Å². The predicted octanol–water partition coefficient (Wildman–Crippen LogP) is 1.89. The number of rotatable bonds is 4. The van der Waals surface area contributed by atoms with Gasteiger partial charge in [-0.1, -0.05) is 0 Å². The molecule has 78 valence electrons. The topological polar surface area (TPSA) is 44.2 Å². The SMILES string of the molecule is CCOc1nc(C)c(OCC)nc1C. The lowest BCUT2D eigenvalue weighted by Crippen LogP contribution is -2.04. The van der Waals surface area contributed by atoms with Crippen molar-refractivity contribution in [2.24, 2.45) is 0 Å². The minimum absolute atomic E-state index is 0.591. The minimum atomic E-state index is 0.591. The largest absolute Gasteiger partial charge is 0.477 e. The van der Waals surface area contributed by atoms with E-state index < -0.39 is 0 Å². The molecule has 1 rings (SSSR count). The molecule has 0 aliphatic rings. The summed E-state index contributed by atoms with van der Waals surface area (Å²) in [4.78, 5) is 8.54. The Morgan fingerprint density at radius 1 is 0.857 bits per heavy atom. The van der Waals surface area contributed by atoms with Gasteiger partial charge in [0.1, 0.15) is 11.4 Å². The van der Waals surface area contributed by atoms with E-state index in [1.807, 2.05) is 27.7 Å². The zero-order chi connectivity index (χ0) is 10.6. The lowest BCUT2D eigenvalue weighted by molar-refractivity contribution is 0.302. The first-order valence-corrected chi connectivity index (χ1v) is 4.79. The molecule has 0 N–H and O–H groups in total. The molecular formula is C10H16N2O2. The van der Waals surface area contributed by atoms with Gasteiger partial charge in [-0.2, -0.15) is 0 Å². The summed E-state index contributed by atoms with van der Waals surface area (Å²) < 4.78 is 10.6. The number of hydrogen-bond acceptors (Lipinski definition) is 4. The molecule has 0 fully saturated rings. The zero-order valence-corrected chi connectivity index (χ0v) is 9.13. The average molecular weight is 196 g/mol. The van der Waals surface area contributed by atoms with Crippen LogP contribution >= 0.6 is 0 Å². The second-order valence-electron chi connectivity index (χ2n) is 2.87. The van der Waals surface area contributed by atoms with E-state index in [2.05, 4.69) is 9.97 Å². The van der Waals surface area contributed by atoms with Gasteiger partial charge < -0.3 is 9.47 Å². The molecule has 0 amide bonds. The van der Waals surface area contributed by atoms with Crippen LogP contribution in [0.5, 0.6) is 11.8 Å². The molecule has 0 saturated heterocycles. The number of nitrogens with zero attached hydrogens (tertiary/aromatic N) is 2. The van der Waals surface area contributed by atoms with Gasteiger partial charge in [0, 0.05) is 0 Å². The Bertz CT molecular complexity index is 281. The molecule has 4 nitrogen and oxygen atoms in total. The van der Waals surface area contributed by atoms with Crippen LogP contribution in [0.25, 0.3) is 0 Å². The summed E-state index contributed by atoms with van der Waals surface area (Å²) in [6.45, 7) is 8.77. The third-order valence-corrected chi connectivity index (χ3v) is 1.72. The standard InChI is InChI=1S/C10H16N2O2/c1-5-13-9-7(3)12-10(14-6-2)8(4)11-9/h5-6H2,1-4H3. The average Bonchev–Trinajstić information content (AvgIpc) is 2.14. The van der Waals surface area contributed by atoms with E-state index in [1.165, 1.54) is 0 Å². The van der Waals surface area contributed by atoms with Crippen LogP contribution in [-0.4, -0.2) is 23.2 Å². The zero-order valence-electron chi connectivity index (χ0n) is 9.13. The Balaban J connectivity index is 2.97. The smallest absolute Gasteiger partial charge is 0.235 e. The van der Waals surface area contributed by atoms with Crippen LogP contribution in [0.15, 0.2) is 0 Å². The molecule has 0 aliphatic carbocycles. The molecule has 0 aliphatic heterocycles. The number of aromatic nitrogens is 2. The van der Waals surface area contributed by atoms with Crippen LogP contribution in [0, 0.1) is 13.8 Å². The van der Waals surface area contributed by atoms with Gasteiger partial charge in [-0.3, -0.25) is 0 Å². The molecule has 0 spiro atoms. The van der Waals surface area contributed by atoms with Crippen LogP contribution in [0.4, 0.5) is 0 Å². The summed E-state index contributed by atoms with van der Waals surface area (Å²) >= 11 is 0. The van der Waals surface area contributed by atoms with E-state index >= 15 is 0 Å². The lowest BCUT2D eigenvalue weighted by atomic mass is 10.4. The second-order valence-corrected chi connectivity index (χ2v) is 2.87. The van der Waals surface area contributed by atoms with Crippen LogP contribution < -0.4 is 9.47 Å². The highest BCUT2D eigenvalue weighted by Gasteiger charge is 2.08. The summed E-state index contributed by atoms with van der Waals surface area (Å²) in [5.41, 5.74) is 1.53. The first kappa shape index (κ1) is 10.8. The monoisotopic (exact) mass is 196 g/mol. The van der Waals surface area contributed by atoms with Gasteiger partial charge >= 0.3 is 0 Å². The van der Waals surface area contributed by atoms with Gasteiger partial charge in [-0.25, -0.2) is 9.97 Å². The molecule has 0 atom stereocenters. The van der Waals surface area contributed by atoms with E-state index in [0.717, 1.165) is 11.4 Å².